The van der Waals surface area contributed by atoms with Gasteiger partial charge in [0.15, 0.2) is 12.2 Å². The van der Waals surface area contributed by atoms with Crippen LogP contribution in [-0.2, 0) is 38.1 Å². The summed E-state index contributed by atoms with van der Waals surface area (Å²) in [6.45, 7) is 1.90. The van der Waals surface area contributed by atoms with Crippen molar-refractivity contribution in [2.24, 2.45) is 0 Å². The molecular weight excluding hydrogens is 284 g/mol. The lowest BCUT2D eigenvalue weighted by molar-refractivity contribution is -0.186. The number of rotatable bonds is 9. The molecule has 4 atom stereocenters. The lowest BCUT2D eigenvalue weighted by atomic mass is 10.1. The smallest absolute Gasteiger partial charge is 0.303 e. The molecule has 0 aromatic rings. The molecule has 0 N–H and O–H groups in total. The van der Waals surface area contributed by atoms with E-state index in [1.165, 1.54) is 21.1 Å². The first-order chi connectivity index (χ1) is 10.2. The van der Waals surface area contributed by atoms with E-state index in [-0.39, 0.29) is 6.61 Å². The van der Waals surface area contributed by atoms with E-state index in [0.29, 0.717) is 0 Å². The monoisotopic (exact) mass is 307 g/mol. The van der Waals surface area contributed by atoms with Crippen molar-refractivity contribution < 1.29 is 39.4 Å². The number of carbonyl (C=O) groups excluding carboxylic acids is 3. The van der Waals surface area contributed by atoms with Crippen LogP contribution in [0.3, 0.4) is 0 Å². The highest BCUT2D eigenvalue weighted by atomic mass is 16.6. The summed E-state index contributed by atoms with van der Waals surface area (Å²) in [5.74, 6) is -1.99. The van der Waals surface area contributed by atoms with Crippen LogP contribution in [0.4, 0.5) is 0 Å². The van der Waals surface area contributed by atoms with Gasteiger partial charge in [-0.25, -0.2) is 0 Å². The largest absolute Gasteiger partial charge is 0.463 e. The number of esters is 3. The van der Waals surface area contributed by atoms with Crippen LogP contribution in [-0.4, -0.2) is 63.6 Å². The Labute approximate surface area is 125 Å². The third-order valence-electron chi connectivity index (χ3n) is 2.28. The van der Waals surface area contributed by atoms with Crippen LogP contribution in [0.2, 0.25) is 0 Å². The van der Waals surface area contributed by atoms with E-state index in [0.717, 1.165) is 13.8 Å². The summed E-state index contributed by atoms with van der Waals surface area (Å²) in [5, 5.41) is 0. The molecule has 0 fully saturated rings. The van der Waals surface area contributed by atoms with Crippen molar-refractivity contribution in [1.29, 1.82) is 0 Å². The second-order valence-electron chi connectivity index (χ2n) is 4.12. The van der Waals surface area contributed by atoms with Gasteiger partial charge in [0.05, 0.1) is 7.98 Å². The van der Waals surface area contributed by atoms with Gasteiger partial charge in [0.2, 0.25) is 0 Å². The van der Waals surface area contributed by atoms with E-state index in [9.17, 15) is 14.4 Å². The predicted molar refractivity (Wildman–Crippen MR) is 70.4 cm³/mol. The summed E-state index contributed by atoms with van der Waals surface area (Å²) in [6, 6.07) is 0. The maximum atomic E-state index is 11.3. The molecule has 122 valence electrons. The Morgan fingerprint density at radius 1 is 0.952 bits per heavy atom. The summed E-state index contributed by atoms with van der Waals surface area (Å²) < 4.78 is 32.7. The van der Waals surface area contributed by atoms with Crippen molar-refractivity contribution in [3.8, 4) is 0 Å². The fourth-order valence-corrected chi connectivity index (χ4v) is 1.55. The van der Waals surface area contributed by atoms with Gasteiger partial charge in [-0.2, -0.15) is 0 Å². The van der Waals surface area contributed by atoms with E-state index >= 15 is 0 Å². The molecule has 0 spiro atoms. The van der Waals surface area contributed by atoms with Crippen LogP contribution in [0.5, 0.6) is 0 Å². The molecule has 0 aromatic carbocycles. The van der Waals surface area contributed by atoms with E-state index in [2.05, 4.69) is 0 Å². The molecular formula is C13H22O8. The van der Waals surface area contributed by atoms with Crippen LogP contribution in [0.15, 0.2) is 0 Å². The summed E-state index contributed by atoms with van der Waals surface area (Å²) in [5.41, 5.74) is 0. The molecule has 0 aromatic heterocycles. The van der Waals surface area contributed by atoms with Crippen molar-refractivity contribution in [2.75, 3.05) is 27.4 Å². The average molecular weight is 307 g/mol. The molecule has 0 amide bonds. The fraction of sp³-hybridized carbons (Fsp3) is 0.769. The Kier molecular flexibility index (Phi) is 8.37. The van der Waals surface area contributed by atoms with E-state index in [1.807, 2.05) is 0 Å². The number of hydrogen-bond donors (Lipinski definition) is 0. The van der Waals surface area contributed by atoms with Crippen molar-refractivity contribution in [3.63, 3.8) is 0 Å². The average Bonchev–Trinajstić information content (AvgIpc) is 2.36. The van der Waals surface area contributed by atoms with Gasteiger partial charge in [-0.15, -0.1) is 0 Å². The van der Waals surface area contributed by atoms with Gasteiger partial charge in [-0.1, -0.05) is 0 Å². The summed E-state index contributed by atoms with van der Waals surface area (Å²) >= 11 is 0. The Morgan fingerprint density at radius 2 is 1.52 bits per heavy atom. The molecule has 0 saturated carbocycles. The summed E-state index contributed by atoms with van der Waals surface area (Å²) in [7, 11) is 2.62. The first kappa shape index (κ1) is 17.4. The molecule has 0 aliphatic rings. The molecule has 1 unspecified atom stereocenters. The van der Waals surface area contributed by atoms with E-state index in [1.54, 1.807) is 0 Å². The maximum absolute atomic E-state index is 11.3. The summed E-state index contributed by atoms with van der Waals surface area (Å²) in [6.07, 6.45) is -3.35. The van der Waals surface area contributed by atoms with Crippen LogP contribution < -0.4 is 0 Å². The second-order valence-corrected chi connectivity index (χ2v) is 4.12. The van der Waals surface area contributed by atoms with Gasteiger partial charge in [0.1, 0.15) is 12.7 Å². The maximum Gasteiger partial charge on any atom is 0.303 e. The minimum absolute atomic E-state index is 0.0931. The Morgan fingerprint density at radius 3 is 1.90 bits per heavy atom. The van der Waals surface area contributed by atoms with Crippen molar-refractivity contribution in [1.82, 2.24) is 0 Å². The van der Waals surface area contributed by atoms with Gasteiger partial charge in [0.25, 0.3) is 0 Å². The zero-order valence-electron chi connectivity index (χ0n) is 13.8. The zero-order valence-corrected chi connectivity index (χ0v) is 12.8. The Bertz CT molecular complexity index is 386. The van der Waals surface area contributed by atoms with Crippen LogP contribution in [0.25, 0.3) is 0 Å². The number of ether oxygens (including phenoxy) is 5. The van der Waals surface area contributed by atoms with Gasteiger partial charge in [-0.05, 0) is 0 Å². The van der Waals surface area contributed by atoms with E-state index < -0.39 is 42.8 Å². The number of methoxy groups -OCH3 is 2. The minimum atomic E-state index is -1.47. The molecule has 0 bridgehead atoms. The number of hydrogen-bond acceptors (Lipinski definition) is 8. The van der Waals surface area contributed by atoms with Crippen molar-refractivity contribution >= 4 is 17.9 Å². The van der Waals surface area contributed by atoms with Crippen LogP contribution in [0, 0.1) is 0 Å². The number of carbonyl (C=O) groups is 3. The fourth-order valence-electron chi connectivity index (χ4n) is 1.55. The molecule has 21 heavy (non-hydrogen) atoms. The van der Waals surface area contributed by atoms with Gasteiger partial charge in [0, 0.05) is 35.0 Å². The molecule has 8 nitrogen and oxygen atoms in total. The minimum Gasteiger partial charge on any atom is -0.463 e. The van der Waals surface area contributed by atoms with Crippen molar-refractivity contribution in [2.45, 2.75) is 39.1 Å². The molecule has 8 heteroatoms. The third kappa shape index (κ3) is 8.26. The highest BCUT2D eigenvalue weighted by molar-refractivity contribution is 5.67. The van der Waals surface area contributed by atoms with Crippen LogP contribution >= 0.6 is 0 Å². The molecule has 0 saturated heterocycles. The van der Waals surface area contributed by atoms with E-state index in [4.69, 9.17) is 25.1 Å². The second kappa shape index (κ2) is 10.1. The SMILES string of the molecule is [2H]C(OC(C)=O)[C@H](OC)[C@@H](OC(C)=O)[C@H](COC)OC(C)=O. The van der Waals surface area contributed by atoms with Crippen molar-refractivity contribution in [3.05, 3.63) is 0 Å². The van der Waals surface area contributed by atoms with Gasteiger partial charge in [-0.3, -0.25) is 14.4 Å². The standard InChI is InChI=1S/C13H22O8/c1-8(14)19-7-11(18-5)13(21-10(3)16)12(6-17-4)20-9(2)15/h11-13H,6-7H2,1-5H3/t11-,12-,13+/m0/s1/i7D/t7?,11-,12-,13+. The normalized spacial score (nSPS) is 16.9. The first-order valence-electron chi connectivity index (χ1n) is 6.76. The molecule has 0 aliphatic heterocycles. The quantitative estimate of drug-likeness (QED) is 0.436. The molecule has 0 rings (SSSR count). The van der Waals surface area contributed by atoms with Gasteiger partial charge < -0.3 is 23.7 Å². The highest BCUT2D eigenvalue weighted by Gasteiger charge is 2.35. The van der Waals surface area contributed by atoms with Crippen LogP contribution in [0.1, 0.15) is 22.1 Å². The molecule has 0 heterocycles. The Hall–Kier alpha value is -1.67. The molecule has 0 aliphatic carbocycles. The lowest BCUT2D eigenvalue weighted by Crippen LogP contribution is -2.48. The third-order valence-corrected chi connectivity index (χ3v) is 2.28. The first-order valence-corrected chi connectivity index (χ1v) is 6.18. The summed E-state index contributed by atoms with van der Waals surface area (Å²) in [4.78, 5) is 33.4. The highest BCUT2D eigenvalue weighted by Crippen LogP contribution is 2.14. The topological polar surface area (TPSA) is 97.4 Å². The predicted octanol–water partition coefficient (Wildman–Crippen LogP) is 0.0743. The Balaban J connectivity index is 5.36. The lowest BCUT2D eigenvalue weighted by Gasteiger charge is -2.30. The zero-order chi connectivity index (χ0) is 17.3. The van der Waals surface area contributed by atoms with Gasteiger partial charge >= 0.3 is 17.9 Å². The molecule has 0 radical (unpaired) electrons.